The summed E-state index contributed by atoms with van der Waals surface area (Å²) in [5.74, 6) is -1.70. The molecule has 0 heterocycles. The van der Waals surface area contributed by atoms with Gasteiger partial charge in [0.2, 0.25) is 10.0 Å². The zero-order valence-electron chi connectivity index (χ0n) is 13.0. The molecule has 0 saturated carbocycles. The van der Waals surface area contributed by atoms with Crippen LogP contribution in [0.3, 0.4) is 0 Å². The Labute approximate surface area is 132 Å². The van der Waals surface area contributed by atoms with Gasteiger partial charge >= 0.3 is 0 Å². The number of sulfonamides is 1. The van der Waals surface area contributed by atoms with Crippen LogP contribution in [0.25, 0.3) is 0 Å². The Balaban J connectivity index is 3.05. The molecule has 2 N–H and O–H groups in total. The van der Waals surface area contributed by atoms with Crippen molar-refractivity contribution in [2.75, 3.05) is 11.0 Å². The van der Waals surface area contributed by atoms with Crippen LogP contribution in [0.5, 0.6) is 0 Å². The Morgan fingerprint density at radius 3 is 2.23 bits per heavy atom. The number of halogens is 2. The van der Waals surface area contributed by atoms with Crippen molar-refractivity contribution in [2.45, 2.75) is 38.5 Å². The molecule has 0 aliphatic carbocycles. The SMILES string of the molecule is C[C@@H](N[S@+]([O-])C(C)(C)C)c1cc(F)c(NS(C)(=O)=O)cc1F. The molecule has 0 unspecified atom stereocenters. The standard InChI is InChI=1S/C13H20F2N2O3S2/c1-8(16-21(18)13(2,3)4)9-6-11(15)12(7-10(9)14)17-22(5,19)20/h6-8,16-17H,1-5H3/t8-,21-/m1/s1. The van der Waals surface area contributed by atoms with E-state index >= 15 is 0 Å². The molecule has 1 aromatic rings. The van der Waals surface area contributed by atoms with Crippen molar-refractivity contribution < 1.29 is 21.8 Å². The second-order valence-corrected chi connectivity index (χ2v) is 9.69. The maximum absolute atomic E-state index is 14.1. The van der Waals surface area contributed by atoms with Gasteiger partial charge in [-0.1, -0.05) is 0 Å². The molecule has 0 saturated heterocycles. The topological polar surface area (TPSA) is 81.3 Å². The van der Waals surface area contributed by atoms with Crippen LogP contribution in [0.1, 0.15) is 39.3 Å². The molecular formula is C13H20F2N2O3S2. The predicted octanol–water partition coefficient (Wildman–Crippen LogP) is 2.45. The van der Waals surface area contributed by atoms with Crippen LogP contribution in [-0.2, 0) is 21.4 Å². The van der Waals surface area contributed by atoms with Crippen molar-refractivity contribution in [2.24, 2.45) is 0 Å². The van der Waals surface area contributed by atoms with E-state index in [4.69, 9.17) is 0 Å². The lowest BCUT2D eigenvalue weighted by molar-refractivity contribution is 0.519. The lowest BCUT2D eigenvalue weighted by Gasteiger charge is -2.26. The molecule has 0 spiro atoms. The molecule has 0 amide bonds. The van der Waals surface area contributed by atoms with Gasteiger partial charge in [0, 0.05) is 23.0 Å². The van der Waals surface area contributed by atoms with Gasteiger partial charge in [-0.2, -0.15) is 0 Å². The highest BCUT2D eigenvalue weighted by Crippen LogP contribution is 2.26. The van der Waals surface area contributed by atoms with Crippen molar-refractivity contribution in [3.8, 4) is 0 Å². The van der Waals surface area contributed by atoms with Crippen molar-refractivity contribution in [1.29, 1.82) is 0 Å². The highest BCUT2D eigenvalue weighted by molar-refractivity contribution is 7.92. The van der Waals surface area contributed by atoms with Gasteiger partial charge < -0.3 is 4.55 Å². The van der Waals surface area contributed by atoms with Crippen LogP contribution in [0, 0.1) is 11.6 Å². The second kappa shape index (κ2) is 6.69. The van der Waals surface area contributed by atoms with E-state index in [0.717, 1.165) is 18.4 Å². The minimum absolute atomic E-state index is 0.0332. The van der Waals surface area contributed by atoms with Crippen LogP contribution >= 0.6 is 0 Å². The first-order chi connectivity index (χ1) is 9.81. The number of rotatable bonds is 5. The molecule has 2 atom stereocenters. The predicted molar refractivity (Wildman–Crippen MR) is 84.3 cm³/mol. The number of benzene rings is 1. The number of nitrogens with one attached hydrogen (secondary N) is 2. The fourth-order valence-corrected chi connectivity index (χ4v) is 2.93. The maximum Gasteiger partial charge on any atom is 0.229 e. The molecule has 0 fully saturated rings. The van der Waals surface area contributed by atoms with Crippen LogP contribution in [0.4, 0.5) is 14.5 Å². The third-order valence-corrected chi connectivity index (χ3v) is 4.96. The Morgan fingerprint density at radius 1 is 1.23 bits per heavy atom. The fraction of sp³-hybridized carbons (Fsp3) is 0.538. The molecule has 5 nitrogen and oxygen atoms in total. The highest BCUT2D eigenvalue weighted by atomic mass is 32.2. The zero-order valence-corrected chi connectivity index (χ0v) is 14.7. The number of anilines is 1. The lowest BCUT2D eigenvalue weighted by Crippen LogP contribution is -2.40. The van der Waals surface area contributed by atoms with Crippen LogP contribution in [0.2, 0.25) is 0 Å². The van der Waals surface area contributed by atoms with Gasteiger partial charge in [-0.15, -0.1) is 4.72 Å². The van der Waals surface area contributed by atoms with Crippen molar-refractivity contribution in [1.82, 2.24) is 4.72 Å². The Morgan fingerprint density at radius 2 is 1.77 bits per heavy atom. The molecular weight excluding hydrogens is 334 g/mol. The third-order valence-electron chi connectivity index (χ3n) is 2.69. The Kier molecular flexibility index (Phi) is 5.82. The average molecular weight is 354 g/mol. The molecule has 0 bridgehead atoms. The number of hydrogen-bond donors (Lipinski definition) is 2. The summed E-state index contributed by atoms with van der Waals surface area (Å²) in [6.07, 6.45) is 0.842. The third kappa shape index (κ3) is 5.38. The van der Waals surface area contributed by atoms with E-state index in [2.05, 4.69) is 4.72 Å². The summed E-state index contributed by atoms with van der Waals surface area (Å²) in [5, 5.41) is 0. The molecule has 0 radical (unpaired) electrons. The minimum Gasteiger partial charge on any atom is -0.598 e. The quantitative estimate of drug-likeness (QED) is 0.796. The van der Waals surface area contributed by atoms with E-state index in [1.165, 1.54) is 0 Å². The zero-order chi connectivity index (χ0) is 17.3. The van der Waals surface area contributed by atoms with Gasteiger partial charge in [0.15, 0.2) is 0 Å². The van der Waals surface area contributed by atoms with Gasteiger partial charge in [-0.05, 0) is 33.8 Å². The van der Waals surface area contributed by atoms with Crippen molar-refractivity contribution in [3.05, 3.63) is 29.3 Å². The Hall–Kier alpha value is -0.900. The summed E-state index contributed by atoms with van der Waals surface area (Å²) in [6.45, 7) is 6.79. The molecule has 9 heteroatoms. The van der Waals surface area contributed by atoms with Gasteiger partial charge in [-0.25, -0.2) is 17.2 Å². The monoisotopic (exact) mass is 354 g/mol. The fourth-order valence-electron chi connectivity index (χ4n) is 1.57. The molecule has 0 aliphatic rings. The highest BCUT2D eigenvalue weighted by Gasteiger charge is 2.29. The summed E-state index contributed by atoms with van der Waals surface area (Å²) in [7, 11) is -3.71. The summed E-state index contributed by atoms with van der Waals surface area (Å²) >= 11 is -1.45. The van der Waals surface area contributed by atoms with Crippen LogP contribution < -0.4 is 9.44 Å². The molecule has 1 aromatic carbocycles. The largest absolute Gasteiger partial charge is 0.598 e. The normalized spacial score (nSPS) is 15.5. The van der Waals surface area contributed by atoms with E-state index in [9.17, 15) is 21.8 Å². The molecule has 1 rings (SSSR count). The first-order valence-electron chi connectivity index (χ1n) is 6.46. The van der Waals surface area contributed by atoms with Crippen molar-refractivity contribution >= 4 is 27.1 Å². The summed E-state index contributed by atoms with van der Waals surface area (Å²) in [4.78, 5) is 0. The minimum atomic E-state index is -3.71. The molecule has 126 valence electrons. The first-order valence-corrected chi connectivity index (χ1v) is 9.50. The van der Waals surface area contributed by atoms with E-state index in [0.29, 0.717) is 0 Å². The van der Waals surface area contributed by atoms with E-state index < -0.39 is 49.5 Å². The van der Waals surface area contributed by atoms with Crippen molar-refractivity contribution in [3.63, 3.8) is 0 Å². The van der Waals surface area contributed by atoms with Crippen LogP contribution in [-0.4, -0.2) is 24.0 Å². The molecule has 0 aromatic heterocycles. The van der Waals surface area contributed by atoms with Gasteiger partial charge in [0.05, 0.1) is 18.0 Å². The average Bonchev–Trinajstić information content (AvgIpc) is 2.30. The van der Waals surface area contributed by atoms with Gasteiger partial charge in [-0.3, -0.25) is 4.72 Å². The first kappa shape index (κ1) is 19.1. The lowest BCUT2D eigenvalue weighted by atomic mass is 10.1. The van der Waals surface area contributed by atoms with Crippen LogP contribution in [0.15, 0.2) is 12.1 Å². The summed E-state index contributed by atoms with van der Waals surface area (Å²) < 4.78 is 66.2. The number of hydrogen-bond acceptors (Lipinski definition) is 4. The summed E-state index contributed by atoms with van der Waals surface area (Å²) in [6, 6.07) is 0.950. The van der Waals surface area contributed by atoms with E-state index in [-0.39, 0.29) is 5.56 Å². The maximum atomic E-state index is 14.1. The smallest absolute Gasteiger partial charge is 0.229 e. The molecule has 22 heavy (non-hydrogen) atoms. The van der Waals surface area contributed by atoms with E-state index in [1.54, 1.807) is 27.7 Å². The summed E-state index contributed by atoms with van der Waals surface area (Å²) in [5.41, 5.74) is -0.498. The molecule has 0 aliphatic heterocycles. The Bertz CT molecular complexity index is 645. The van der Waals surface area contributed by atoms with E-state index in [1.807, 2.05) is 4.72 Å². The van der Waals surface area contributed by atoms with Gasteiger partial charge in [0.25, 0.3) is 0 Å². The second-order valence-electron chi connectivity index (χ2n) is 5.95. The van der Waals surface area contributed by atoms with Gasteiger partial charge in [0.1, 0.15) is 16.4 Å².